The van der Waals surface area contributed by atoms with E-state index in [9.17, 15) is 9.59 Å². The van der Waals surface area contributed by atoms with Gasteiger partial charge < -0.3 is 14.1 Å². The van der Waals surface area contributed by atoms with Gasteiger partial charge in [-0.15, -0.1) is 10.2 Å². The molecule has 140 valence electrons. The molecule has 2 aromatic heterocycles. The van der Waals surface area contributed by atoms with Gasteiger partial charge in [0, 0.05) is 16.8 Å². The van der Waals surface area contributed by atoms with Crippen LogP contribution in [0.3, 0.4) is 0 Å². The maximum absolute atomic E-state index is 12.5. The van der Waals surface area contributed by atoms with Crippen molar-refractivity contribution in [3.63, 3.8) is 0 Å². The first-order valence-corrected chi connectivity index (χ1v) is 8.59. The van der Waals surface area contributed by atoms with Crippen molar-refractivity contribution in [3.8, 4) is 11.5 Å². The molecule has 7 heteroatoms. The average Bonchev–Trinajstić information content (AvgIpc) is 3.20. The number of nitrogens with zero attached hydrogens (tertiary/aromatic N) is 2. The van der Waals surface area contributed by atoms with E-state index < -0.39 is 12.1 Å². The van der Waals surface area contributed by atoms with E-state index in [0.717, 1.165) is 11.1 Å². The third kappa shape index (κ3) is 3.67. The number of Topliss-reactive ketones (excluding diaryl/α,β-unsaturated/α-hetero) is 1. The molecular weight excluding hydrogens is 346 g/mol. The summed E-state index contributed by atoms with van der Waals surface area (Å²) in [5.41, 5.74) is 3.89. The Morgan fingerprint density at radius 1 is 1.11 bits per heavy atom. The third-order valence-corrected chi connectivity index (χ3v) is 4.36. The van der Waals surface area contributed by atoms with Gasteiger partial charge >= 0.3 is 5.97 Å². The van der Waals surface area contributed by atoms with E-state index in [0.29, 0.717) is 22.7 Å². The zero-order valence-electron chi connectivity index (χ0n) is 15.9. The lowest BCUT2D eigenvalue weighted by Crippen LogP contribution is -2.11. The van der Waals surface area contributed by atoms with Crippen LogP contribution in [-0.2, 0) is 4.74 Å². The first kappa shape index (κ1) is 18.6. The molecule has 0 fully saturated rings. The number of carbonyl (C=O) groups excluding carboxylic acids is 2. The second-order valence-electron chi connectivity index (χ2n) is 6.54. The quantitative estimate of drug-likeness (QED) is 0.538. The summed E-state index contributed by atoms with van der Waals surface area (Å²) in [7, 11) is 0. The molecule has 0 amide bonds. The molecule has 0 bridgehead atoms. The number of hydrogen-bond donors (Lipinski definition) is 1. The lowest BCUT2D eigenvalue weighted by atomic mass is 10.1. The molecule has 1 atom stereocenters. The molecule has 0 aliphatic rings. The monoisotopic (exact) mass is 367 g/mol. The number of ether oxygens (including phenoxy) is 1. The van der Waals surface area contributed by atoms with Crippen LogP contribution in [0.5, 0.6) is 0 Å². The lowest BCUT2D eigenvalue weighted by molar-refractivity contribution is 0.0272. The molecule has 0 aliphatic heterocycles. The van der Waals surface area contributed by atoms with Crippen LogP contribution in [0.1, 0.15) is 63.5 Å². The Kier molecular flexibility index (Phi) is 4.94. The van der Waals surface area contributed by atoms with E-state index in [1.54, 1.807) is 20.8 Å². The van der Waals surface area contributed by atoms with Crippen molar-refractivity contribution in [2.24, 2.45) is 0 Å². The highest BCUT2D eigenvalue weighted by Gasteiger charge is 2.25. The highest BCUT2D eigenvalue weighted by molar-refractivity contribution is 6.01. The number of H-pyrrole nitrogens is 1. The second kappa shape index (κ2) is 7.19. The van der Waals surface area contributed by atoms with Gasteiger partial charge in [-0.05, 0) is 52.3 Å². The number of benzene rings is 1. The fourth-order valence-corrected chi connectivity index (χ4v) is 2.96. The molecule has 0 radical (unpaired) electrons. The molecule has 3 aromatic rings. The van der Waals surface area contributed by atoms with Gasteiger partial charge in [-0.1, -0.05) is 17.7 Å². The first-order chi connectivity index (χ1) is 12.8. The molecule has 0 spiro atoms. The van der Waals surface area contributed by atoms with Gasteiger partial charge in [-0.2, -0.15) is 0 Å². The fraction of sp³-hybridized carbons (Fsp3) is 0.300. The number of nitrogens with one attached hydrogen (secondary N) is 1. The minimum atomic E-state index is -0.729. The predicted octanol–water partition coefficient (Wildman–Crippen LogP) is 4.11. The summed E-state index contributed by atoms with van der Waals surface area (Å²) < 4.78 is 11.1. The fourth-order valence-electron chi connectivity index (χ4n) is 2.96. The first-order valence-electron chi connectivity index (χ1n) is 8.59. The molecule has 27 heavy (non-hydrogen) atoms. The highest BCUT2D eigenvalue weighted by Crippen LogP contribution is 2.25. The van der Waals surface area contributed by atoms with Gasteiger partial charge in [-0.25, -0.2) is 4.79 Å². The van der Waals surface area contributed by atoms with Gasteiger partial charge in [0.2, 0.25) is 5.89 Å². The summed E-state index contributed by atoms with van der Waals surface area (Å²) in [6.07, 6.45) is -0.729. The summed E-state index contributed by atoms with van der Waals surface area (Å²) in [5.74, 6) is -0.121. The van der Waals surface area contributed by atoms with Gasteiger partial charge in [0.15, 0.2) is 11.9 Å². The number of aryl methyl sites for hydroxylation is 2. The normalized spacial score (nSPS) is 12.0. The van der Waals surface area contributed by atoms with E-state index in [1.807, 2.05) is 31.2 Å². The number of esters is 1. The largest absolute Gasteiger partial charge is 0.448 e. The van der Waals surface area contributed by atoms with Gasteiger partial charge in [0.1, 0.15) is 5.69 Å². The van der Waals surface area contributed by atoms with E-state index in [2.05, 4.69) is 15.2 Å². The number of ketones is 1. The smallest absolute Gasteiger partial charge is 0.355 e. The number of aromatic amines is 1. The molecule has 7 nitrogen and oxygen atoms in total. The van der Waals surface area contributed by atoms with Crippen LogP contribution in [0, 0.1) is 20.8 Å². The van der Waals surface area contributed by atoms with E-state index in [1.165, 1.54) is 6.92 Å². The summed E-state index contributed by atoms with van der Waals surface area (Å²) >= 11 is 0. The van der Waals surface area contributed by atoms with Gasteiger partial charge in [0.05, 0.1) is 0 Å². The third-order valence-electron chi connectivity index (χ3n) is 4.36. The molecule has 0 unspecified atom stereocenters. The molecule has 1 N–H and O–H groups in total. The summed E-state index contributed by atoms with van der Waals surface area (Å²) in [5, 5.41) is 7.99. The zero-order valence-corrected chi connectivity index (χ0v) is 15.9. The number of hydrogen-bond acceptors (Lipinski definition) is 6. The van der Waals surface area contributed by atoms with Crippen molar-refractivity contribution in [3.05, 3.63) is 58.2 Å². The van der Waals surface area contributed by atoms with Crippen LogP contribution in [0.2, 0.25) is 0 Å². The van der Waals surface area contributed by atoms with Gasteiger partial charge in [-0.3, -0.25) is 4.79 Å². The molecule has 0 saturated heterocycles. The van der Waals surface area contributed by atoms with Gasteiger partial charge in [0.25, 0.3) is 5.89 Å². The number of carbonyl (C=O) groups is 2. The Bertz CT molecular complexity index is 999. The lowest BCUT2D eigenvalue weighted by Gasteiger charge is -2.09. The van der Waals surface area contributed by atoms with Crippen molar-refractivity contribution in [2.75, 3.05) is 0 Å². The SMILES string of the molecule is CC(=O)c1c(C)[nH]c(C(=O)O[C@@H](C)c2nnc(-c3ccc(C)cc3)o2)c1C. The summed E-state index contributed by atoms with van der Waals surface area (Å²) in [6.45, 7) is 8.57. The standard InChI is InChI=1S/C20H21N3O4/c1-10-6-8-15(9-7-10)19-23-22-18(27-19)14(5)26-20(25)17-11(2)16(13(4)24)12(3)21-17/h6-9,14,21H,1-5H3/t14-/m0/s1. The van der Waals surface area contributed by atoms with Crippen LogP contribution >= 0.6 is 0 Å². The second-order valence-corrected chi connectivity index (χ2v) is 6.54. The molecule has 2 heterocycles. The Hall–Kier alpha value is -3.22. The van der Waals surface area contributed by atoms with Crippen molar-refractivity contribution < 1.29 is 18.7 Å². The maximum atomic E-state index is 12.5. The Balaban J connectivity index is 1.77. The molecule has 3 rings (SSSR count). The minimum absolute atomic E-state index is 0.104. The number of rotatable bonds is 5. The van der Waals surface area contributed by atoms with Crippen molar-refractivity contribution in [1.82, 2.24) is 15.2 Å². The zero-order chi connectivity index (χ0) is 19.7. The van der Waals surface area contributed by atoms with E-state index in [-0.39, 0.29) is 17.4 Å². The van der Waals surface area contributed by atoms with Crippen LogP contribution in [-0.4, -0.2) is 26.9 Å². The van der Waals surface area contributed by atoms with E-state index >= 15 is 0 Å². The van der Waals surface area contributed by atoms with Crippen LogP contribution in [0.15, 0.2) is 28.7 Å². The minimum Gasteiger partial charge on any atom is -0.448 e. The van der Waals surface area contributed by atoms with Crippen LogP contribution < -0.4 is 0 Å². The molecule has 0 aliphatic carbocycles. The highest BCUT2D eigenvalue weighted by atomic mass is 16.6. The Morgan fingerprint density at radius 3 is 2.37 bits per heavy atom. The van der Waals surface area contributed by atoms with Crippen LogP contribution in [0.25, 0.3) is 11.5 Å². The predicted molar refractivity (Wildman–Crippen MR) is 98.6 cm³/mol. The molecule has 1 aromatic carbocycles. The summed E-state index contributed by atoms with van der Waals surface area (Å²) in [6, 6.07) is 7.67. The molecule has 0 saturated carbocycles. The van der Waals surface area contributed by atoms with Crippen molar-refractivity contribution >= 4 is 11.8 Å². The Morgan fingerprint density at radius 2 is 1.78 bits per heavy atom. The molecular formula is C20H21N3O4. The average molecular weight is 367 g/mol. The Labute approximate surface area is 156 Å². The van der Waals surface area contributed by atoms with Crippen molar-refractivity contribution in [1.29, 1.82) is 0 Å². The van der Waals surface area contributed by atoms with E-state index in [4.69, 9.17) is 9.15 Å². The maximum Gasteiger partial charge on any atom is 0.355 e. The van der Waals surface area contributed by atoms with Crippen LogP contribution in [0.4, 0.5) is 0 Å². The van der Waals surface area contributed by atoms with Crippen molar-refractivity contribution in [2.45, 2.75) is 40.7 Å². The topological polar surface area (TPSA) is 98.1 Å². The summed E-state index contributed by atoms with van der Waals surface area (Å²) in [4.78, 5) is 27.1. The number of aromatic nitrogens is 3.